The minimum absolute atomic E-state index is 0.266. The van der Waals surface area contributed by atoms with Gasteiger partial charge in [0.2, 0.25) is 0 Å². The molecule has 1 saturated carbocycles. The molecule has 2 rings (SSSR count). The molecule has 90 valence electrons. The molecule has 0 aromatic rings. The predicted molar refractivity (Wildman–Crippen MR) is 60.7 cm³/mol. The van der Waals surface area contributed by atoms with E-state index < -0.39 is 11.0 Å². The van der Waals surface area contributed by atoms with Crippen molar-refractivity contribution in [2.75, 3.05) is 13.2 Å². The average molecular weight is 223 g/mol. The van der Waals surface area contributed by atoms with Gasteiger partial charge in [0.15, 0.2) is 0 Å². The van der Waals surface area contributed by atoms with Gasteiger partial charge in [0.1, 0.15) is 5.41 Å². The summed E-state index contributed by atoms with van der Waals surface area (Å²) in [6.45, 7) is 3.14. The van der Waals surface area contributed by atoms with Gasteiger partial charge in [-0.1, -0.05) is 26.2 Å². The zero-order valence-electron chi connectivity index (χ0n) is 10.0. The summed E-state index contributed by atoms with van der Waals surface area (Å²) in [6.07, 6.45) is 5.69. The van der Waals surface area contributed by atoms with Crippen LogP contribution in [0.1, 0.15) is 45.4 Å². The van der Waals surface area contributed by atoms with Crippen molar-refractivity contribution in [2.24, 2.45) is 11.3 Å². The van der Waals surface area contributed by atoms with E-state index in [1.165, 1.54) is 6.42 Å². The third-order valence-electron chi connectivity index (χ3n) is 4.59. The van der Waals surface area contributed by atoms with E-state index >= 15 is 0 Å². The molecule has 2 fully saturated rings. The summed E-state index contributed by atoms with van der Waals surface area (Å²) >= 11 is 0. The first-order chi connectivity index (χ1) is 7.68. The Morgan fingerprint density at radius 1 is 1.44 bits per heavy atom. The van der Waals surface area contributed by atoms with Crippen LogP contribution in [0.3, 0.4) is 0 Å². The van der Waals surface area contributed by atoms with Crippen molar-refractivity contribution in [3.63, 3.8) is 0 Å². The summed E-state index contributed by atoms with van der Waals surface area (Å²) in [5, 5.41) is 20.4. The highest BCUT2D eigenvalue weighted by Gasteiger charge is 2.57. The van der Waals surface area contributed by atoms with E-state index in [1.807, 2.05) is 0 Å². The number of hydrogen-bond donors (Lipinski definition) is 1. The molecule has 3 nitrogen and oxygen atoms in total. The van der Waals surface area contributed by atoms with Crippen LogP contribution in [-0.4, -0.2) is 23.9 Å². The van der Waals surface area contributed by atoms with E-state index in [-0.39, 0.29) is 5.92 Å². The van der Waals surface area contributed by atoms with Crippen molar-refractivity contribution in [1.29, 1.82) is 5.26 Å². The van der Waals surface area contributed by atoms with Crippen LogP contribution in [-0.2, 0) is 4.74 Å². The third-order valence-corrected chi connectivity index (χ3v) is 4.59. The van der Waals surface area contributed by atoms with Crippen LogP contribution in [0.2, 0.25) is 0 Å². The fourth-order valence-electron chi connectivity index (χ4n) is 3.49. The van der Waals surface area contributed by atoms with Crippen LogP contribution in [0.25, 0.3) is 0 Å². The van der Waals surface area contributed by atoms with Gasteiger partial charge in [-0.15, -0.1) is 0 Å². The molecule has 16 heavy (non-hydrogen) atoms. The van der Waals surface area contributed by atoms with E-state index in [4.69, 9.17) is 4.74 Å². The summed E-state index contributed by atoms with van der Waals surface area (Å²) in [6, 6.07) is 2.38. The molecule has 3 heteroatoms. The van der Waals surface area contributed by atoms with Gasteiger partial charge in [-0.05, 0) is 25.2 Å². The Balaban J connectivity index is 2.30. The van der Waals surface area contributed by atoms with Gasteiger partial charge in [-0.3, -0.25) is 0 Å². The molecule has 0 spiro atoms. The lowest BCUT2D eigenvalue weighted by atomic mass is 9.59. The molecule has 1 aliphatic heterocycles. The first kappa shape index (κ1) is 11.9. The molecule has 2 aliphatic rings. The second kappa shape index (κ2) is 4.35. The molecule has 1 saturated heterocycles. The van der Waals surface area contributed by atoms with Gasteiger partial charge in [0, 0.05) is 6.61 Å². The summed E-state index contributed by atoms with van der Waals surface area (Å²) in [7, 11) is 0. The van der Waals surface area contributed by atoms with Crippen LogP contribution in [0.4, 0.5) is 0 Å². The van der Waals surface area contributed by atoms with E-state index in [9.17, 15) is 10.4 Å². The highest BCUT2D eigenvalue weighted by atomic mass is 16.5. The molecule has 0 amide bonds. The van der Waals surface area contributed by atoms with Crippen LogP contribution < -0.4 is 0 Å². The van der Waals surface area contributed by atoms with Gasteiger partial charge in [-0.2, -0.15) is 5.26 Å². The van der Waals surface area contributed by atoms with Gasteiger partial charge in [0.05, 0.1) is 18.3 Å². The van der Waals surface area contributed by atoms with Gasteiger partial charge in [-0.25, -0.2) is 0 Å². The summed E-state index contributed by atoms with van der Waals surface area (Å²) in [4.78, 5) is 0. The Morgan fingerprint density at radius 3 is 2.81 bits per heavy atom. The zero-order chi connectivity index (χ0) is 11.6. The highest BCUT2D eigenvalue weighted by molar-refractivity contribution is 5.16. The van der Waals surface area contributed by atoms with E-state index in [1.54, 1.807) is 0 Å². The number of rotatable bonds is 2. The Hall–Kier alpha value is -0.590. The molecular weight excluding hydrogens is 202 g/mol. The summed E-state index contributed by atoms with van der Waals surface area (Å²) in [5.74, 6) is 0.266. The number of nitrogens with zero attached hydrogens (tertiary/aromatic N) is 1. The molecule has 3 unspecified atom stereocenters. The van der Waals surface area contributed by atoms with Crippen molar-refractivity contribution in [2.45, 2.75) is 51.0 Å². The fourth-order valence-corrected chi connectivity index (χ4v) is 3.49. The maximum atomic E-state index is 11.0. The summed E-state index contributed by atoms with van der Waals surface area (Å²) < 4.78 is 5.38. The largest absolute Gasteiger partial charge is 0.388 e. The lowest BCUT2D eigenvalue weighted by Gasteiger charge is -2.47. The van der Waals surface area contributed by atoms with Gasteiger partial charge in [0.25, 0.3) is 0 Å². The molecule has 0 radical (unpaired) electrons. The normalized spacial score (nSPS) is 44.2. The van der Waals surface area contributed by atoms with Crippen molar-refractivity contribution in [3.8, 4) is 6.07 Å². The monoisotopic (exact) mass is 223 g/mol. The van der Waals surface area contributed by atoms with E-state index in [0.29, 0.717) is 19.6 Å². The van der Waals surface area contributed by atoms with E-state index in [0.717, 1.165) is 25.7 Å². The number of aliphatic hydroxyl groups is 1. The molecule has 1 heterocycles. The molecular formula is C13H21NO2. The Labute approximate surface area is 97.4 Å². The smallest absolute Gasteiger partial charge is 0.112 e. The van der Waals surface area contributed by atoms with Crippen molar-refractivity contribution >= 4 is 0 Å². The minimum Gasteiger partial charge on any atom is -0.388 e. The molecule has 0 aromatic heterocycles. The SMILES string of the molecule is CCC1CCCCC1(O)C1(C#N)CCOC1. The lowest BCUT2D eigenvalue weighted by Crippen LogP contribution is -2.54. The van der Waals surface area contributed by atoms with E-state index in [2.05, 4.69) is 13.0 Å². The topological polar surface area (TPSA) is 53.2 Å². The Kier molecular flexibility index (Phi) is 3.23. The molecule has 3 atom stereocenters. The second-order valence-corrected chi connectivity index (χ2v) is 5.27. The minimum atomic E-state index is -0.814. The van der Waals surface area contributed by atoms with Crippen LogP contribution in [0, 0.1) is 22.7 Å². The standard InChI is InChI=1S/C13H21NO2/c1-2-11-5-3-4-6-13(11,15)12(9-14)7-8-16-10-12/h11,15H,2-8,10H2,1H3. The van der Waals surface area contributed by atoms with Crippen molar-refractivity contribution < 1.29 is 9.84 Å². The molecule has 1 N–H and O–H groups in total. The first-order valence-corrected chi connectivity index (χ1v) is 6.40. The Bertz CT molecular complexity index is 291. The second-order valence-electron chi connectivity index (χ2n) is 5.27. The molecule has 1 aliphatic carbocycles. The lowest BCUT2D eigenvalue weighted by molar-refractivity contribution is -0.126. The molecule has 0 aromatic carbocycles. The van der Waals surface area contributed by atoms with Gasteiger partial charge < -0.3 is 9.84 Å². The number of nitriles is 1. The first-order valence-electron chi connectivity index (χ1n) is 6.40. The van der Waals surface area contributed by atoms with Crippen molar-refractivity contribution in [1.82, 2.24) is 0 Å². The van der Waals surface area contributed by atoms with Crippen molar-refractivity contribution in [3.05, 3.63) is 0 Å². The van der Waals surface area contributed by atoms with Crippen LogP contribution >= 0.6 is 0 Å². The number of hydrogen-bond acceptors (Lipinski definition) is 3. The van der Waals surface area contributed by atoms with Gasteiger partial charge >= 0.3 is 0 Å². The third kappa shape index (κ3) is 1.56. The molecule has 0 bridgehead atoms. The maximum absolute atomic E-state index is 11.0. The van der Waals surface area contributed by atoms with Crippen LogP contribution in [0.5, 0.6) is 0 Å². The highest BCUT2D eigenvalue weighted by Crippen LogP contribution is 2.50. The zero-order valence-corrected chi connectivity index (χ0v) is 10.0. The fraction of sp³-hybridized carbons (Fsp3) is 0.923. The average Bonchev–Trinajstić information content (AvgIpc) is 2.80. The maximum Gasteiger partial charge on any atom is 0.112 e. The summed E-state index contributed by atoms with van der Waals surface area (Å²) in [5.41, 5.74) is -1.46. The number of ether oxygens (including phenoxy) is 1. The predicted octanol–water partition coefficient (Wildman–Crippen LogP) is 2.25. The van der Waals surface area contributed by atoms with Crippen LogP contribution in [0.15, 0.2) is 0 Å². The quantitative estimate of drug-likeness (QED) is 0.781. The Morgan fingerprint density at radius 2 is 2.25 bits per heavy atom.